The predicted octanol–water partition coefficient (Wildman–Crippen LogP) is 5.97. The third-order valence-electron chi connectivity index (χ3n) is 4.04. The van der Waals surface area contributed by atoms with Crippen LogP contribution in [0.3, 0.4) is 0 Å². The van der Waals surface area contributed by atoms with Gasteiger partial charge in [-0.2, -0.15) is 0 Å². The van der Waals surface area contributed by atoms with E-state index < -0.39 is 0 Å². The van der Waals surface area contributed by atoms with Crippen LogP contribution in [0.5, 0.6) is 0 Å². The van der Waals surface area contributed by atoms with Crippen molar-refractivity contribution in [2.75, 3.05) is 5.32 Å². The summed E-state index contributed by atoms with van der Waals surface area (Å²) in [6, 6.07) is 28.1. The number of hydrogen-bond acceptors (Lipinski definition) is 2. The summed E-state index contributed by atoms with van der Waals surface area (Å²) in [6.07, 6.45) is 0.768. The molecule has 3 aromatic carbocycles. The van der Waals surface area contributed by atoms with Crippen molar-refractivity contribution in [2.24, 2.45) is 0 Å². The van der Waals surface area contributed by atoms with Crippen LogP contribution in [0.25, 0.3) is 0 Å². The molecule has 0 bridgehead atoms. The van der Waals surface area contributed by atoms with Crippen molar-refractivity contribution in [1.29, 1.82) is 0 Å². The second-order valence-electron chi connectivity index (χ2n) is 5.77. The molecule has 0 aromatic heterocycles. The van der Waals surface area contributed by atoms with Gasteiger partial charge < -0.3 is 5.32 Å². The molecule has 25 heavy (non-hydrogen) atoms. The summed E-state index contributed by atoms with van der Waals surface area (Å²) in [4.78, 5) is 15.0. The van der Waals surface area contributed by atoms with E-state index in [0.717, 1.165) is 27.5 Å². The molecule has 0 spiro atoms. The Balaban J connectivity index is 1.79. The van der Waals surface area contributed by atoms with Crippen LogP contribution in [0.4, 0.5) is 5.69 Å². The summed E-state index contributed by atoms with van der Waals surface area (Å²) >= 11 is 1.66. The summed E-state index contributed by atoms with van der Waals surface area (Å²) in [5.41, 5.74) is 1.91. The van der Waals surface area contributed by atoms with Crippen molar-refractivity contribution in [3.05, 3.63) is 90.5 Å². The number of rotatable bonds is 6. The third kappa shape index (κ3) is 4.52. The predicted molar refractivity (Wildman–Crippen MR) is 105 cm³/mol. The molecule has 0 heterocycles. The van der Waals surface area contributed by atoms with Crippen LogP contribution in [0.15, 0.2) is 94.7 Å². The third-order valence-corrected chi connectivity index (χ3v) is 5.13. The van der Waals surface area contributed by atoms with Crippen molar-refractivity contribution in [1.82, 2.24) is 0 Å². The van der Waals surface area contributed by atoms with Gasteiger partial charge in [0, 0.05) is 9.79 Å². The number of anilines is 1. The lowest BCUT2D eigenvalue weighted by Crippen LogP contribution is -2.21. The first-order valence-corrected chi connectivity index (χ1v) is 9.27. The second kappa shape index (κ2) is 8.54. The zero-order valence-electron chi connectivity index (χ0n) is 14.2. The SMILES string of the molecule is CC[C@@H](C(=O)Nc1ccccc1Sc1ccccc1)c1ccccc1. The molecule has 3 aromatic rings. The molecule has 0 saturated heterocycles. The van der Waals surface area contributed by atoms with Crippen LogP contribution in [0.2, 0.25) is 0 Å². The lowest BCUT2D eigenvalue weighted by Gasteiger charge is -2.17. The Hall–Kier alpha value is -2.52. The van der Waals surface area contributed by atoms with Gasteiger partial charge in [-0.25, -0.2) is 0 Å². The van der Waals surface area contributed by atoms with E-state index in [1.165, 1.54) is 0 Å². The first-order chi connectivity index (χ1) is 12.3. The van der Waals surface area contributed by atoms with E-state index in [0.29, 0.717) is 0 Å². The van der Waals surface area contributed by atoms with Gasteiger partial charge in [-0.15, -0.1) is 0 Å². The van der Waals surface area contributed by atoms with E-state index in [1.807, 2.05) is 79.7 Å². The highest BCUT2D eigenvalue weighted by Gasteiger charge is 2.19. The van der Waals surface area contributed by atoms with Crippen LogP contribution in [-0.4, -0.2) is 5.91 Å². The van der Waals surface area contributed by atoms with Gasteiger partial charge in [0.1, 0.15) is 0 Å². The monoisotopic (exact) mass is 347 g/mol. The Morgan fingerprint density at radius 1 is 0.880 bits per heavy atom. The van der Waals surface area contributed by atoms with Gasteiger partial charge in [-0.3, -0.25) is 4.79 Å². The number of hydrogen-bond donors (Lipinski definition) is 1. The summed E-state index contributed by atoms with van der Waals surface area (Å²) in [7, 11) is 0. The van der Waals surface area contributed by atoms with Gasteiger partial charge in [-0.1, -0.05) is 79.3 Å². The molecule has 2 nitrogen and oxygen atoms in total. The number of nitrogens with one attached hydrogen (secondary N) is 1. The van der Waals surface area contributed by atoms with Crippen molar-refractivity contribution < 1.29 is 4.79 Å². The molecule has 0 aliphatic heterocycles. The standard InChI is InChI=1S/C22H21NOS/c1-2-19(17-11-5-3-6-12-17)22(24)23-20-15-9-10-16-21(20)25-18-13-7-4-8-14-18/h3-16,19H,2H2,1H3,(H,23,24)/t19-/m1/s1. The number of benzene rings is 3. The van der Waals surface area contributed by atoms with Crippen molar-refractivity contribution in [2.45, 2.75) is 29.1 Å². The molecule has 1 atom stereocenters. The van der Waals surface area contributed by atoms with E-state index in [9.17, 15) is 4.79 Å². The average Bonchev–Trinajstić information content (AvgIpc) is 2.66. The maximum atomic E-state index is 12.8. The molecule has 0 saturated carbocycles. The molecule has 126 valence electrons. The van der Waals surface area contributed by atoms with Gasteiger partial charge >= 0.3 is 0 Å². The van der Waals surface area contributed by atoms with Crippen molar-refractivity contribution in [3.8, 4) is 0 Å². The quantitative estimate of drug-likeness (QED) is 0.595. The van der Waals surface area contributed by atoms with Crippen molar-refractivity contribution >= 4 is 23.4 Å². The number of para-hydroxylation sites is 1. The van der Waals surface area contributed by atoms with Gasteiger partial charge in [0.15, 0.2) is 0 Å². The topological polar surface area (TPSA) is 29.1 Å². The van der Waals surface area contributed by atoms with Gasteiger partial charge in [0.2, 0.25) is 5.91 Å². The summed E-state index contributed by atoms with van der Waals surface area (Å²) in [5.74, 6) is -0.106. The summed E-state index contributed by atoms with van der Waals surface area (Å²) in [6.45, 7) is 2.04. The lowest BCUT2D eigenvalue weighted by atomic mass is 9.95. The fraction of sp³-hybridized carbons (Fsp3) is 0.136. The minimum absolute atomic E-state index is 0.0369. The fourth-order valence-electron chi connectivity index (χ4n) is 2.75. The van der Waals surface area contributed by atoms with Gasteiger partial charge in [0.25, 0.3) is 0 Å². The number of carbonyl (C=O) groups is 1. The molecule has 0 fully saturated rings. The molecule has 3 rings (SSSR count). The fourth-order valence-corrected chi connectivity index (χ4v) is 3.67. The first-order valence-electron chi connectivity index (χ1n) is 8.45. The lowest BCUT2D eigenvalue weighted by molar-refractivity contribution is -0.117. The second-order valence-corrected chi connectivity index (χ2v) is 6.89. The Morgan fingerprint density at radius 2 is 1.48 bits per heavy atom. The maximum absolute atomic E-state index is 12.8. The molecule has 1 N–H and O–H groups in total. The zero-order chi connectivity index (χ0) is 17.5. The number of amides is 1. The minimum Gasteiger partial charge on any atom is -0.325 e. The van der Waals surface area contributed by atoms with Crippen LogP contribution in [0.1, 0.15) is 24.8 Å². The Kier molecular flexibility index (Phi) is 5.91. The zero-order valence-corrected chi connectivity index (χ0v) is 15.0. The largest absolute Gasteiger partial charge is 0.325 e. The Labute approximate surface area is 153 Å². The minimum atomic E-state index is -0.143. The number of carbonyl (C=O) groups excluding carboxylic acids is 1. The van der Waals surface area contributed by atoms with E-state index in [-0.39, 0.29) is 11.8 Å². The van der Waals surface area contributed by atoms with Crippen LogP contribution < -0.4 is 5.32 Å². The maximum Gasteiger partial charge on any atom is 0.231 e. The Bertz CT molecular complexity index is 818. The molecule has 0 unspecified atom stereocenters. The van der Waals surface area contributed by atoms with Gasteiger partial charge in [-0.05, 0) is 36.2 Å². The molecular weight excluding hydrogens is 326 g/mol. The average molecular weight is 347 g/mol. The van der Waals surface area contributed by atoms with E-state index in [4.69, 9.17) is 0 Å². The van der Waals surface area contributed by atoms with E-state index >= 15 is 0 Å². The molecule has 0 aliphatic rings. The van der Waals surface area contributed by atoms with Crippen LogP contribution >= 0.6 is 11.8 Å². The summed E-state index contributed by atoms with van der Waals surface area (Å²) < 4.78 is 0. The first kappa shape index (κ1) is 17.3. The highest BCUT2D eigenvalue weighted by molar-refractivity contribution is 7.99. The van der Waals surface area contributed by atoms with E-state index in [1.54, 1.807) is 11.8 Å². The Morgan fingerprint density at radius 3 is 2.16 bits per heavy atom. The van der Waals surface area contributed by atoms with Crippen LogP contribution in [0, 0.1) is 0 Å². The molecule has 0 aliphatic carbocycles. The van der Waals surface area contributed by atoms with Gasteiger partial charge in [0.05, 0.1) is 11.6 Å². The molecule has 1 amide bonds. The summed E-state index contributed by atoms with van der Waals surface area (Å²) in [5, 5.41) is 3.12. The highest BCUT2D eigenvalue weighted by atomic mass is 32.2. The molecular formula is C22H21NOS. The van der Waals surface area contributed by atoms with Crippen LogP contribution in [-0.2, 0) is 4.79 Å². The molecule has 0 radical (unpaired) electrons. The smallest absolute Gasteiger partial charge is 0.231 e. The molecule has 3 heteroatoms. The highest BCUT2D eigenvalue weighted by Crippen LogP contribution is 2.34. The normalized spacial score (nSPS) is 11.7. The van der Waals surface area contributed by atoms with E-state index in [2.05, 4.69) is 17.4 Å². The van der Waals surface area contributed by atoms with Crippen molar-refractivity contribution in [3.63, 3.8) is 0 Å².